The summed E-state index contributed by atoms with van der Waals surface area (Å²) in [4.78, 5) is 13.0. The number of halogens is 1. The summed E-state index contributed by atoms with van der Waals surface area (Å²) in [5.74, 6) is -0.0247. The number of hydrogen-bond acceptors (Lipinski definition) is 2. The molecule has 0 saturated carbocycles. The average molecular weight is 207 g/mol. The molecular formula is C12H14FNO. The maximum absolute atomic E-state index is 13.0. The van der Waals surface area contributed by atoms with Crippen LogP contribution in [0.1, 0.15) is 18.9 Å². The Morgan fingerprint density at radius 1 is 1.53 bits per heavy atom. The summed E-state index contributed by atoms with van der Waals surface area (Å²) in [5, 5.41) is 0. The zero-order chi connectivity index (χ0) is 10.8. The summed E-state index contributed by atoms with van der Waals surface area (Å²) >= 11 is 0. The van der Waals surface area contributed by atoms with Crippen molar-refractivity contribution in [2.24, 2.45) is 0 Å². The minimum Gasteiger partial charge on any atom is -0.370 e. The first kappa shape index (κ1) is 10.1. The normalized spacial score (nSPS) is 14.1. The van der Waals surface area contributed by atoms with E-state index in [2.05, 4.69) is 4.90 Å². The zero-order valence-corrected chi connectivity index (χ0v) is 8.79. The molecule has 1 aliphatic rings. The van der Waals surface area contributed by atoms with Gasteiger partial charge >= 0.3 is 0 Å². The minimum atomic E-state index is -0.205. The number of ketones is 1. The molecule has 0 saturated heterocycles. The lowest BCUT2D eigenvalue weighted by Crippen LogP contribution is -2.23. The van der Waals surface area contributed by atoms with Crippen molar-refractivity contribution in [3.05, 3.63) is 29.6 Å². The molecule has 1 aromatic rings. The Kier molecular flexibility index (Phi) is 2.71. The number of benzene rings is 1. The second-order valence-electron chi connectivity index (χ2n) is 3.96. The number of nitrogens with zero attached hydrogens (tertiary/aromatic N) is 1. The van der Waals surface area contributed by atoms with Crippen LogP contribution in [0.25, 0.3) is 0 Å². The number of fused-ring (bicyclic) bond motifs is 1. The van der Waals surface area contributed by atoms with E-state index in [0.717, 1.165) is 18.7 Å². The Morgan fingerprint density at radius 2 is 2.33 bits per heavy atom. The number of hydrogen-bond donors (Lipinski definition) is 0. The fourth-order valence-corrected chi connectivity index (χ4v) is 1.94. The second kappa shape index (κ2) is 4.01. The third-order valence-electron chi connectivity index (χ3n) is 2.77. The molecule has 3 heteroatoms. The predicted molar refractivity (Wildman–Crippen MR) is 57.6 cm³/mol. The molecule has 0 aliphatic carbocycles. The molecular weight excluding hydrogens is 193 g/mol. The van der Waals surface area contributed by atoms with Crippen molar-refractivity contribution >= 4 is 11.5 Å². The highest BCUT2D eigenvalue weighted by Gasteiger charge is 2.19. The van der Waals surface area contributed by atoms with Crippen LogP contribution < -0.4 is 4.90 Å². The van der Waals surface area contributed by atoms with Crippen LogP contribution in [0.3, 0.4) is 0 Å². The third kappa shape index (κ3) is 2.17. The van der Waals surface area contributed by atoms with Crippen molar-refractivity contribution in [1.82, 2.24) is 0 Å². The molecule has 0 radical (unpaired) electrons. The summed E-state index contributed by atoms with van der Waals surface area (Å²) in [6, 6.07) is 4.88. The first-order valence-electron chi connectivity index (χ1n) is 5.19. The molecule has 2 rings (SSSR count). The molecule has 2 nitrogen and oxygen atoms in total. The molecule has 0 amide bonds. The van der Waals surface area contributed by atoms with Crippen LogP contribution in [0.15, 0.2) is 18.2 Å². The molecule has 0 atom stereocenters. The molecule has 1 heterocycles. The van der Waals surface area contributed by atoms with Gasteiger partial charge in [-0.1, -0.05) is 6.07 Å². The first-order valence-corrected chi connectivity index (χ1v) is 5.19. The third-order valence-corrected chi connectivity index (χ3v) is 2.77. The van der Waals surface area contributed by atoms with E-state index >= 15 is 0 Å². The van der Waals surface area contributed by atoms with Crippen molar-refractivity contribution in [2.75, 3.05) is 18.0 Å². The number of anilines is 1. The van der Waals surface area contributed by atoms with Crippen LogP contribution in [-0.2, 0) is 11.2 Å². The molecule has 0 unspecified atom stereocenters. The Bertz CT molecular complexity index is 389. The SMILES string of the molecule is CC(=O)CCN1CCc2ccc(F)cc21. The van der Waals surface area contributed by atoms with Gasteiger partial charge in [0.05, 0.1) is 0 Å². The van der Waals surface area contributed by atoms with Gasteiger partial charge in [-0.15, -0.1) is 0 Å². The van der Waals surface area contributed by atoms with Crippen LogP contribution in [0, 0.1) is 5.82 Å². The van der Waals surface area contributed by atoms with Crippen LogP contribution in [0.5, 0.6) is 0 Å². The predicted octanol–water partition coefficient (Wildman–Crippen LogP) is 2.17. The van der Waals surface area contributed by atoms with E-state index in [1.165, 1.54) is 11.6 Å². The molecule has 0 fully saturated rings. The van der Waals surface area contributed by atoms with E-state index in [9.17, 15) is 9.18 Å². The van der Waals surface area contributed by atoms with Gasteiger partial charge in [-0.05, 0) is 31.0 Å². The van der Waals surface area contributed by atoms with Crippen LogP contribution in [-0.4, -0.2) is 18.9 Å². The van der Waals surface area contributed by atoms with E-state index in [1.54, 1.807) is 13.0 Å². The highest BCUT2D eigenvalue weighted by atomic mass is 19.1. The quantitative estimate of drug-likeness (QED) is 0.757. The lowest BCUT2D eigenvalue weighted by atomic mass is 10.1. The van der Waals surface area contributed by atoms with E-state index in [-0.39, 0.29) is 11.6 Å². The van der Waals surface area contributed by atoms with Gasteiger partial charge < -0.3 is 4.90 Å². The smallest absolute Gasteiger partial charge is 0.131 e. The summed E-state index contributed by atoms with van der Waals surface area (Å²) in [5.41, 5.74) is 2.14. The molecule has 0 aromatic heterocycles. The van der Waals surface area contributed by atoms with Crippen molar-refractivity contribution in [1.29, 1.82) is 0 Å². The van der Waals surface area contributed by atoms with E-state index in [0.29, 0.717) is 13.0 Å². The van der Waals surface area contributed by atoms with Crippen molar-refractivity contribution < 1.29 is 9.18 Å². The molecule has 15 heavy (non-hydrogen) atoms. The lowest BCUT2D eigenvalue weighted by Gasteiger charge is -2.18. The maximum atomic E-state index is 13.0. The molecule has 0 spiro atoms. The van der Waals surface area contributed by atoms with E-state index < -0.39 is 0 Å². The molecule has 0 N–H and O–H groups in total. The summed E-state index contributed by atoms with van der Waals surface area (Å²) in [6.45, 7) is 3.18. The van der Waals surface area contributed by atoms with Crippen molar-refractivity contribution in [3.63, 3.8) is 0 Å². The summed E-state index contributed by atoms with van der Waals surface area (Å²) in [7, 11) is 0. The minimum absolute atomic E-state index is 0.180. The maximum Gasteiger partial charge on any atom is 0.131 e. The largest absolute Gasteiger partial charge is 0.370 e. The standard InChI is InChI=1S/C12H14FNO/c1-9(15)4-6-14-7-5-10-2-3-11(13)8-12(10)14/h2-3,8H,4-7H2,1H3. The molecule has 1 aliphatic heterocycles. The van der Waals surface area contributed by atoms with Crippen molar-refractivity contribution in [2.45, 2.75) is 19.8 Å². The number of carbonyl (C=O) groups excluding carboxylic acids is 1. The van der Waals surface area contributed by atoms with Crippen LogP contribution >= 0.6 is 0 Å². The average Bonchev–Trinajstić information content (AvgIpc) is 2.57. The monoisotopic (exact) mass is 207 g/mol. The molecule has 0 bridgehead atoms. The summed E-state index contributed by atoms with van der Waals surface area (Å²) in [6.07, 6.45) is 1.49. The molecule has 1 aromatic carbocycles. The summed E-state index contributed by atoms with van der Waals surface area (Å²) < 4.78 is 13.0. The Labute approximate surface area is 88.7 Å². The highest BCUT2D eigenvalue weighted by Crippen LogP contribution is 2.28. The van der Waals surface area contributed by atoms with Gasteiger partial charge in [0, 0.05) is 25.2 Å². The Balaban J connectivity index is 2.13. The number of Topliss-reactive ketones (excluding diaryl/α,β-unsaturated/α-hetero) is 1. The van der Waals surface area contributed by atoms with E-state index in [4.69, 9.17) is 0 Å². The molecule has 80 valence electrons. The fraction of sp³-hybridized carbons (Fsp3) is 0.417. The topological polar surface area (TPSA) is 20.3 Å². The van der Waals surface area contributed by atoms with E-state index in [1.807, 2.05) is 6.07 Å². The van der Waals surface area contributed by atoms with Crippen LogP contribution in [0.4, 0.5) is 10.1 Å². The Hall–Kier alpha value is -1.38. The van der Waals surface area contributed by atoms with Gasteiger partial charge in [0.25, 0.3) is 0 Å². The lowest BCUT2D eigenvalue weighted by molar-refractivity contribution is -0.116. The van der Waals surface area contributed by atoms with Gasteiger partial charge in [0.15, 0.2) is 0 Å². The fourth-order valence-electron chi connectivity index (χ4n) is 1.94. The van der Waals surface area contributed by atoms with Gasteiger partial charge in [0.1, 0.15) is 11.6 Å². The second-order valence-corrected chi connectivity index (χ2v) is 3.96. The van der Waals surface area contributed by atoms with Crippen molar-refractivity contribution in [3.8, 4) is 0 Å². The number of carbonyl (C=O) groups is 1. The highest BCUT2D eigenvalue weighted by molar-refractivity contribution is 5.76. The Morgan fingerprint density at radius 3 is 3.07 bits per heavy atom. The first-order chi connectivity index (χ1) is 7.16. The zero-order valence-electron chi connectivity index (χ0n) is 8.79. The van der Waals surface area contributed by atoms with Gasteiger partial charge in [-0.3, -0.25) is 4.79 Å². The van der Waals surface area contributed by atoms with Crippen LogP contribution in [0.2, 0.25) is 0 Å². The van der Waals surface area contributed by atoms with Gasteiger partial charge in [-0.25, -0.2) is 4.39 Å². The number of rotatable bonds is 3. The van der Waals surface area contributed by atoms with Gasteiger partial charge in [0.2, 0.25) is 0 Å². The van der Waals surface area contributed by atoms with Gasteiger partial charge in [-0.2, -0.15) is 0 Å².